The Hall–Kier alpha value is -2.34. The summed E-state index contributed by atoms with van der Waals surface area (Å²) in [6, 6.07) is 17.8. The molecule has 0 aromatic heterocycles. The van der Waals surface area contributed by atoms with Crippen LogP contribution in [0.15, 0.2) is 60.7 Å². The molecule has 178 valence electrons. The highest BCUT2D eigenvalue weighted by molar-refractivity contribution is 7.86. The molecular weight excluding hydrogens is 450 g/mol. The minimum atomic E-state index is -3.90. The molecule has 2 aliphatic heterocycles. The van der Waals surface area contributed by atoms with E-state index in [4.69, 9.17) is 23.1 Å². The van der Waals surface area contributed by atoms with Crippen LogP contribution in [0.2, 0.25) is 0 Å². The van der Waals surface area contributed by atoms with E-state index in [2.05, 4.69) is 5.32 Å². The lowest BCUT2D eigenvalue weighted by Gasteiger charge is -2.48. The van der Waals surface area contributed by atoms with Crippen LogP contribution in [0.5, 0.6) is 0 Å². The van der Waals surface area contributed by atoms with Crippen LogP contribution >= 0.6 is 0 Å². The molecule has 2 aliphatic rings. The SMILES string of the molecule is CC(=O)N[C@H]1[C@@H](OCc2ccccc2)O[C@@H]2COC(c3ccccc3)O[C@H]2[C@@H]1OS(C)(=O)=O. The summed E-state index contributed by atoms with van der Waals surface area (Å²) in [4.78, 5) is 12.0. The normalized spacial score (nSPS) is 29.8. The summed E-state index contributed by atoms with van der Waals surface area (Å²) in [5.41, 5.74) is 1.67. The number of carbonyl (C=O) groups excluding carboxylic acids is 1. The average molecular weight is 478 g/mol. The van der Waals surface area contributed by atoms with Crippen LogP contribution in [0, 0.1) is 0 Å². The van der Waals surface area contributed by atoms with E-state index in [9.17, 15) is 13.2 Å². The van der Waals surface area contributed by atoms with Gasteiger partial charge in [-0.15, -0.1) is 0 Å². The highest BCUT2D eigenvalue weighted by atomic mass is 32.2. The first-order chi connectivity index (χ1) is 15.8. The molecule has 0 aliphatic carbocycles. The van der Waals surface area contributed by atoms with E-state index in [1.54, 1.807) is 0 Å². The number of hydrogen-bond acceptors (Lipinski definition) is 8. The van der Waals surface area contributed by atoms with E-state index in [1.165, 1.54) is 6.92 Å². The number of fused-ring (bicyclic) bond motifs is 1. The van der Waals surface area contributed by atoms with E-state index in [-0.39, 0.29) is 19.1 Å². The molecule has 0 spiro atoms. The van der Waals surface area contributed by atoms with Crippen molar-refractivity contribution in [3.63, 3.8) is 0 Å². The fourth-order valence-electron chi connectivity index (χ4n) is 3.95. The molecule has 1 N–H and O–H groups in total. The topological polar surface area (TPSA) is 109 Å². The van der Waals surface area contributed by atoms with Gasteiger partial charge in [-0.05, 0) is 5.56 Å². The van der Waals surface area contributed by atoms with Crippen molar-refractivity contribution in [1.82, 2.24) is 5.32 Å². The van der Waals surface area contributed by atoms with Crippen molar-refractivity contribution < 1.29 is 36.3 Å². The first kappa shape index (κ1) is 23.8. The van der Waals surface area contributed by atoms with Crippen molar-refractivity contribution in [2.24, 2.45) is 0 Å². The van der Waals surface area contributed by atoms with Gasteiger partial charge in [-0.25, -0.2) is 0 Å². The van der Waals surface area contributed by atoms with Gasteiger partial charge in [0.1, 0.15) is 24.4 Å². The van der Waals surface area contributed by atoms with Gasteiger partial charge in [-0.3, -0.25) is 8.98 Å². The molecule has 2 aromatic rings. The third-order valence-corrected chi connectivity index (χ3v) is 5.90. The number of rotatable bonds is 7. The predicted octanol–water partition coefficient (Wildman–Crippen LogP) is 1.89. The monoisotopic (exact) mass is 477 g/mol. The summed E-state index contributed by atoms with van der Waals surface area (Å²) in [7, 11) is -3.90. The maximum atomic E-state index is 12.1. The Labute approximate surface area is 193 Å². The fraction of sp³-hybridized carbons (Fsp3) is 0.435. The molecule has 0 bridgehead atoms. The number of benzene rings is 2. The molecule has 0 radical (unpaired) electrons. The Balaban J connectivity index is 1.60. The first-order valence-corrected chi connectivity index (χ1v) is 12.4. The summed E-state index contributed by atoms with van der Waals surface area (Å²) in [5.74, 6) is -0.385. The summed E-state index contributed by atoms with van der Waals surface area (Å²) < 4.78 is 53.7. The molecule has 33 heavy (non-hydrogen) atoms. The lowest BCUT2D eigenvalue weighted by atomic mass is 9.95. The fourth-order valence-corrected chi connectivity index (χ4v) is 4.58. The summed E-state index contributed by atoms with van der Waals surface area (Å²) in [6.45, 7) is 1.65. The van der Waals surface area contributed by atoms with E-state index >= 15 is 0 Å². The maximum absolute atomic E-state index is 12.1. The molecule has 10 heteroatoms. The average Bonchev–Trinajstić information content (AvgIpc) is 2.79. The highest BCUT2D eigenvalue weighted by Crippen LogP contribution is 2.36. The van der Waals surface area contributed by atoms with Crippen molar-refractivity contribution in [3.8, 4) is 0 Å². The zero-order valence-electron chi connectivity index (χ0n) is 18.3. The van der Waals surface area contributed by atoms with E-state index < -0.39 is 47.1 Å². The van der Waals surface area contributed by atoms with Gasteiger partial charge in [0.15, 0.2) is 12.6 Å². The number of nitrogens with one attached hydrogen (secondary N) is 1. The second kappa shape index (κ2) is 10.3. The third kappa shape index (κ3) is 6.17. The number of hydrogen-bond donors (Lipinski definition) is 1. The molecule has 2 fully saturated rings. The zero-order chi connectivity index (χ0) is 23.4. The van der Waals surface area contributed by atoms with Crippen LogP contribution in [0.1, 0.15) is 24.3 Å². The molecule has 0 saturated carbocycles. The van der Waals surface area contributed by atoms with Gasteiger partial charge in [0.05, 0.1) is 19.5 Å². The van der Waals surface area contributed by atoms with Crippen LogP contribution in [0.3, 0.4) is 0 Å². The highest BCUT2D eigenvalue weighted by Gasteiger charge is 2.52. The van der Waals surface area contributed by atoms with Crippen LogP contribution in [-0.4, -0.2) is 57.8 Å². The Morgan fingerprint density at radius 2 is 1.73 bits per heavy atom. The Morgan fingerprint density at radius 3 is 2.36 bits per heavy atom. The minimum absolute atomic E-state index is 0.131. The maximum Gasteiger partial charge on any atom is 0.264 e. The smallest absolute Gasteiger partial charge is 0.264 e. The first-order valence-electron chi connectivity index (χ1n) is 10.6. The van der Waals surface area contributed by atoms with Crippen LogP contribution < -0.4 is 5.32 Å². The van der Waals surface area contributed by atoms with Gasteiger partial charge >= 0.3 is 0 Å². The van der Waals surface area contributed by atoms with Gasteiger partial charge in [0.25, 0.3) is 10.1 Å². The lowest BCUT2D eigenvalue weighted by molar-refractivity contribution is -0.342. The van der Waals surface area contributed by atoms with E-state index in [0.29, 0.717) is 0 Å². The van der Waals surface area contributed by atoms with Crippen molar-refractivity contribution in [2.45, 2.75) is 50.5 Å². The van der Waals surface area contributed by atoms with Crippen LogP contribution in [0.4, 0.5) is 0 Å². The Bertz CT molecular complexity index is 1030. The molecule has 9 nitrogen and oxygen atoms in total. The molecule has 6 atom stereocenters. The van der Waals surface area contributed by atoms with E-state index in [0.717, 1.165) is 17.4 Å². The summed E-state index contributed by atoms with van der Waals surface area (Å²) in [5, 5.41) is 2.73. The molecule has 2 saturated heterocycles. The minimum Gasteiger partial charge on any atom is -0.346 e. The van der Waals surface area contributed by atoms with Crippen LogP contribution in [0.25, 0.3) is 0 Å². The number of amides is 1. The number of carbonyl (C=O) groups is 1. The van der Waals surface area contributed by atoms with E-state index in [1.807, 2.05) is 60.7 Å². The lowest BCUT2D eigenvalue weighted by Crippen LogP contribution is -2.67. The summed E-state index contributed by atoms with van der Waals surface area (Å²) >= 11 is 0. The van der Waals surface area contributed by atoms with Gasteiger partial charge in [0, 0.05) is 12.5 Å². The number of ether oxygens (including phenoxy) is 4. The summed E-state index contributed by atoms with van der Waals surface area (Å²) in [6.07, 6.45) is -3.34. The van der Waals surface area contributed by atoms with Gasteiger partial charge in [-0.2, -0.15) is 8.42 Å². The quantitative estimate of drug-likeness (QED) is 0.602. The standard InChI is InChI=1S/C23H27NO8S/c1-15(25)24-19-21(32-33(2,26)27)20-18(14-29-22(31-20)17-11-7-4-8-12-17)30-23(19)28-13-16-9-5-3-6-10-16/h3-12,18-23H,13-14H2,1-2H3,(H,24,25)/t18-,19-,20-,21-,22?,23+/m1/s1. The van der Waals surface area contributed by atoms with Crippen LogP contribution in [-0.2, 0) is 44.7 Å². The van der Waals surface area contributed by atoms with Crippen molar-refractivity contribution >= 4 is 16.0 Å². The van der Waals surface area contributed by atoms with Gasteiger partial charge in [0.2, 0.25) is 5.91 Å². The molecule has 2 heterocycles. The second-order valence-electron chi connectivity index (χ2n) is 8.01. The van der Waals surface area contributed by atoms with Gasteiger partial charge < -0.3 is 24.3 Å². The second-order valence-corrected chi connectivity index (χ2v) is 9.61. The zero-order valence-corrected chi connectivity index (χ0v) is 19.1. The molecule has 2 aromatic carbocycles. The van der Waals surface area contributed by atoms with Crippen molar-refractivity contribution in [3.05, 3.63) is 71.8 Å². The van der Waals surface area contributed by atoms with Gasteiger partial charge in [-0.1, -0.05) is 60.7 Å². The van der Waals surface area contributed by atoms with Crippen molar-refractivity contribution in [1.29, 1.82) is 0 Å². The Morgan fingerprint density at radius 1 is 1.06 bits per heavy atom. The van der Waals surface area contributed by atoms with Crippen molar-refractivity contribution in [2.75, 3.05) is 12.9 Å². The molecule has 1 amide bonds. The third-order valence-electron chi connectivity index (χ3n) is 5.32. The molecule has 4 rings (SSSR count). The molecule has 1 unspecified atom stereocenters. The predicted molar refractivity (Wildman–Crippen MR) is 117 cm³/mol. The Kier molecular flexibility index (Phi) is 7.42. The largest absolute Gasteiger partial charge is 0.346 e. The molecular formula is C23H27NO8S.